The number of nitrogens with zero attached hydrogens (tertiary/aromatic N) is 1. The van der Waals surface area contributed by atoms with Crippen molar-refractivity contribution in [2.45, 2.75) is 38.6 Å². The molecule has 3 heterocycles. The van der Waals surface area contributed by atoms with E-state index in [0.717, 1.165) is 46.4 Å². The van der Waals surface area contributed by atoms with E-state index in [-0.39, 0.29) is 11.8 Å². The molecule has 2 aliphatic heterocycles. The van der Waals surface area contributed by atoms with E-state index < -0.39 is 0 Å². The Balaban J connectivity index is 1.15. The van der Waals surface area contributed by atoms with Crippen LogP contribution in [-0.4, -0.2) is 34.8 Å². The van der Waals surface area contributed by atoms with Gasteiger partial charge in [-0.2, -0.15) is 0 Å². The Morgan fingerprint density at radius 2 is 2.06 bits per heavy atom. The molecule has 2 aromatic carbocycles. The molecule has 0 aliphatic carbocycles. The van der Waals surface area contributed by atoms with E-state index in [4.69, 9.17) is 4.74 Å². The van der Waals surface area contributed by atoms with Crippen LogP contribution >= 0.6 is 15.9 Å². The monoisotopic (exact) mass is 481 g/mol. The summed E-state index contributed by atoms with van der Waals surface area (Å²) in [6.07, 6.45) is 3.25. The molecule has 1 aromatic heterocycles. The number of benzene rings is 2. The molecule has 0 unspecified atom stereocenters. The fraction of sp³-hybridized carbons (Fsp3) is 0.333. The highest BCUT2D eigenvalue weighted by Gasteiger charge is 2.24. The number of ether oxygens (including phenoxy) is 1. The summed E-state index contributed by atoms with van der Waals surface area (Å²) in [6, 6.07) is 11.9. The summed E-state index contributed by atoms with van der Waals surface area (Å²) in [5.74, 6) is 1.02. The van der Waals surface area contributed by atoms with Crippen LogP contribution in [0.1, 0.15) is 36.1 Å². The number of aromatic nitrogens is 1. The summed E-state index contributed by atoms with van der Waals surface area (Å²) >= 11 is 3.61. The molecule has 0 saturated heterocycles. The van der Waals surface area contributed by atoms with Crippen LogP contribution in [0, 0.1) is 0 Å². The zero-order valence-corrected chi connectivity index (χ0v) is 18.8. The van der Waals surface area contributed by atoms with Gasteiger partial charge in [-0.15, -0.1) is 0 Å². The first-order valence-electron chi connectivity index (χ1n) is 10.7. The van der Waals surface area contributed by atoms with Crippen molar-refractivity contribution in [3.05, 3.63) is 57.7 Å². The Labute approximate surface area is 189 Å². The second-order valence-corrected chi connectivity index (χ2v) is 8.98. The molecular formula is C24H24BrN3O3. The van der Waals surface area contributed by atoms with Crippen LogP contribution in [0.25, 0.3) is 10.9 Å². The van der Waals surface area contributed by atoms with Crippen LogP contribution in [0.5, 0.6) is 5.75 Å². The molecular weight excluding hydrogens is 458 g/mol. The second kappa shape index (κ2) is 8.38. The number of hydrogen-bond donors (Lipinski definition) is 2. The lowest BCUT2D eigenvalue weighted by molar-refractivity contribution is -0.132. The maximum absolute atomic E-state index is 12.8. The lowest BCUT2D eigenvalue weighted by atomic mass is 10.0. The van der Waals surface area contributed by atoms with Crippen LogP contribution in [0.2, 0.25) is 0 Å². The Morgan fingerprint density at radius 1 is 1.16 bits per heavy atom. The second-order valence-electron chi connectivity index (χ2n) is 8.13. The molecule has 2 N–H and O–H groups in total. The average Bonchev–Trinajstić information content (AvgIpc) is 3.16. The first-order valence-corrected chi connectivity index (χ1v) is 11.5. The van der Waals surface area contributed by atoms with E-state index in [1.165, 1.54) is 16.6 Å². The molecule has 5 rings (SSSR count). The highest BCUT2D eigenvalue weighted by atomic mass is 79.9. The number of amides is 2. The number of rotatable bonds is 5. The van der Waals surface area contributed by atoms with Gasteiger partial charge in [0.1, 0.15) is 5.75 Å². The highest BCUT2D eigenvalue weighted by molar-refractivity contribution is 9.10. The van der Waals surface area contributed by atoms with Crippen molar-refractivity contribution in [1.82, 2.24) is 9.88 Å². The van der Waals surface area contributed by atoms with Gasteiger partial charge in [-0.3, -0.25) is 9.59 Å². The number of aromatic amines is 1. The summed E-state index contributed by atoms with van der Waals surface area (Å²) < 4.78 is 6.91. The zero-order valence-electron chi connectivity index (χ0n) is 17.2. The van der Waals surface area contributed by atoms with Gasteiger partial charge in [-0.05, 0) is 58.6 Å². The predicted octanol–water partition coefficient (Wildman–Crippen LogP) is 4.56. The molecule has 0 radical (unpaired) electrons. The van der Waals surface area contributed by atoms with E-state index in [1.807, 2.05) is 35.2 Å². The molecule has 2 aliphatic rings. The van der Waals surface area contributed by atoms with Crippen molar-refractivity contribution in [1.29, 1.82) is 0 Å². The van der Waals surface area contributed by atoms with Gasteiger partial charge < -0.3 is 19.9 Å². The molecule has 3 aromatic rings. The van der Waals surface area contributed by atoms with Crippen molar-refractivity contribution in [3.8, 4) is 5.75 Å². The van der Waals surface area contributed by atoms with Crippen molar-refractivity contribution >= 4 is 44.3 Å². The van der Waals surface area contributed by atoms with E-state index in [9.17, 15) is 9.59 Å². The van der Waals surface area contributed by atoms with Gasteiger partial charge in [0, 0.05) is 59.2 Å². The fourth-order valence-electron chi connectivity index (χ4n) is 4.44. The number of aryl methyl sites for hydroxylation is 1. The molecule has 0 spiro atoms. The maximum atomic E-state index is 12.8. The smallest absolute Gasteiger partial charge is 0.224 e. The van der Waals surface area contributed by atoms with Crippen LogP contribution in [0.4, 0.5) is 5.69 Å². The normalized spacial score (nSPS) is 15.4. The summed E-state index contributed by atoms with van der Waals surface area (Å²) in [4.78, 5) is 29.7. The van der Waals surface area contributed by atoms with Gasteiger partial charge >= 0.3 is 0 Å². The lowest BCUT2D eigenvalue weighted by Gasteiger charge is -2.27. The summed E-state index contributed by atoms with van der Waals surface area (Å²) in [6.45, 7) is 1.89. The van der Waals surface area contributed by atoms with Crippen molar-refractivity contribution < 1.29 is 14.3 Å². The molecule has 6 nitrogen and oxygen atoms in total. The minimum Gasteiger partial charge on any atom is -0.494 e. The molecule has 0 fully saturated rings. The third-order valence-corrected chi connectivity index (χ3v) is 6.75. The van der Waals surface area contributed by atoms with E-state index in [2.05, 4.69) is 32.3 Å². The summed E-state index contributed by atoms with van der Waals surface area (Å²) in [5.41, 5.74) is 5.54. The number of hydrogen-bond acceptors (Lipinski definition) is 3. The third-order valence-electron chi connectivity index (χ3n) is 6.09. The molecule has 0 bridgehead atoms. The third kappa shape index (κ3) is 4.06. The molecule has 31 heavy (non-hydrogen) atoms. The lowest BCUT2D eigenvalue weighted by Crippen LogP contribution is -2.35. The molecule has 7 heteroatoms. The predicted molar refractivity (Wildman–Crippen MR) is 123 cm³/mol. The van der Waals surface area contributed by atoms with E-state index in [0.29, 0.717) is 32.4 Å². The quantitative estimate of drug-likeness (QED) is 0.524. The largest absolute Gasteiger partial charge is 0.494 e. The van der Waals surface area contributed by atoms with Gasteiger partial charge in [-0.25, -0.2) is 0 Å². The average molecular weight is 482 g/mol. The number of carbonyl (C=O) groups excluding carboxylic acids is 2. The number of H-pyrrole nitrogens is 1. The van der Waals surface area contributed by atoms with Gasteiger partial charge in [-0.1, -0.05) is 12.1 Å². The van der Waals surface area contributed by atoms with Gasteiger partial charge in [0.2, 0.25) is 11.8 Å². The molecule has 2 amide bonds. The van der Waals surface area contributed by atoms with Gasteiger partial charge in [0.25, 0.3) is 0 Å². The Kier molecular flexibility index (Phi) is 5.44. The van der Waals surface area contributed by atoms with Gasteiger partial charge in [0.15, 0.2) is 0 Å². The molecule has 0 atom stereocenters. The SMILES string of the molecule is O=C1CCc2cc(OCCCC(=O)N3CCc4[nH]c5c(Br)cccc5c4C3)ccc2N1. The van der Waals surface area contributed by atoms with Crippen LogP contribution in [0.3, 0.4) is 0 Å². The Hall–Kier alpha value is -2.80. The van der Waals surface area contributed by atoms with E-state index in [1.54, 1.807) is 0 Å². The topological polar surface area (TPSA) is 74.4 Å². The number of fused-ring (bicyclic) bond motifs is 4. The number of nitrogens with one attached hydrogen (secondary N) is 2. The summed E-state index contributed by atoms with van der Waals surface area (Å²) in [7, 11) is 0. The number of para-hydroxylation sites is 1. The standard InChI is InChI=1S/C24H24BrN3O3/c25-19-4-1-3-17-18-14-28(11-10-21(18)27-24(17)19)23(30)5-2-12-31-16-7-8-20-15(13-16)6-9-22(29)26-20/h1,3-4,7-8,13,27H,2,5-6,9-12,14H2,(H,26,29). The van der Waals surface area contributed by atoms with Crippen LogP contribution in [-0.2, 0) is 29.0 Å². The van der Waals surface area contributed by atoms with Crippen molar-refractivity contribution in [2.24, 2.45) is 0 Å². The maximum Gasteiger partial charge on any atom is 0.224 e. The van der Waals surface area contributed by atoms with Crippen LogP contribution in [0.15, 0.2) is 40.9 Å². The zero-order chi connectivity index (χ0) is 21.4. The van der Waals surface area contributed by atoms with Crippen molar-refractivity contribution in [2.75, 3.05) is 18.5 Å². The number of halogens is 1. The Morgan fingerprint density at radius 3 is 2.97 bits per heavy atom. The number of anilines is 1. The summed E-state index contributed by atoms with van der Waals surface area (Å²) in [5, 5.41) is 4.06. The minimum atomic E-state index is 0.0600. The molecule has 0 saturated carbocycles. The van der Waals surface area contributed by atoms with Gasteiger partial charge in [0.05, 0.1) is 12.1 Å². The van der Waals surface area contributed by atoms with Crippen molar-refractivity contribution in [3.63, 3.8) is 0 Å². The fourth-order valence-corrected chi connectivity index (χ4v) is 4.90. The van der Waals surface area contributed by atoms with Crippen LogP contribution < -0.4 is 10.1 Å². The first-order chi connectivity index (χ1) is 15.1. The van der Waals surface area contributed by atoms with E-state index >= 15 is 0 Å². The Bertz CT molecular complexity index is 1170. The minimum absolute atomic E-state index is 0.0600. The number of carbonyl (C=O) groups is 2. The molecule has 160 valence electrons. The first kappa shape index (κ1) is 20.1. The highest BCUT2D eigenvalue weighted by Crippen LogP contribution is 2.32.